The van der Waals surface area contributed by atoms with E-state index in [1.165, 1.54) is 6.92 Å². The van der Waals surface area contributed by atoms with Gasteiger partial charge in [-0.1, -0.05) is 0 Å². The lowest BCUT2D eigenvalue weighted by atomic mass is 10.2. The molecule has 0 aliphatic carbocycles. The monoisotopic (exact) mass is 289 g/mol. The van der Waals surface area contributed by atoms with Crippen LogP contribution >= 0.6 is 0 Å². The molecule has 2 unspecified atom stereocenters. The van der Waals surface area contributed by atoms with E-state index in [0.717, 1.165) is 12.1 Å². The Morgan fingerprint density at radius 2 is 1.95 bits per heavy atom. The number of rotatable bonds is 8. The fourth-order valence-corrected chi connectivity index (χ4v) is 1.63. The van der Waals surface area contributed by atoms with Gasteiger partial charge in [-0.25, -0.2) is 8.78 Å². The van der Waals surface area contributed by atoms with Gasteiger partial charge < -0.3 is 19.9 Å². The maximum atomic E-state index is 13.5. The summed E-state index contributed by atoms with van der Waals surface area (Å²) in [6.07, 6.45) is -0.957. The molecular formula is C14H21F2NO3. The molecule has 0 saturated carbocycles. The van der Waals surface area contributed by atoms with E-state index in [0.29, 0.717) is 6.61 Å². The summed E-state index contributed by atoms with van der Waals surface area (Å²) in [7, 11) is 1.56. The first-order valence-corrected chi connectivity index (χ1v) is 6.42. The molecule has 0 aliphatic rings. The highest BCUT2D eigenvalue weighted by Gasteiger charge is 2.11. The highest BCUT2D eigenvalue weighted by Crippen LogP contribution is 2.18. The summed E-state index contributed by atoms with van der Waals surface area (Å²) in [4.78, 5) is 0. The van der Waals surface area contributed by atoms with Crippen LogP contribution in [-0.4, -0.2) is 44.2 Å². The number of methoxy groups -OCH3 is 1. The number of aliphatic hydroxyl groups is 1. The van der Waals surface area contributed by atoms with Crippen molar-refractivity contribution in [3.8, 4) is 0 Å². The Hall–Kier alpha value is -1.24. The van der Waals surface area contributed by atoms with Crippen LogP contribution in [0.2, 0.25) is 0 Å². The van der Waals surface area contributed by atoms with Crippen LogP contribution in [0.25, 0.3) is 0 Å². The molecule has 0 saturated heterocycles. The van der Waals surface area contributed by atoms with Gasteiger partial charge in [0.15, 0.2) is 0 Å². The smallest absolute Gasteiger partial charge is 0.146 e. The van der Waals surface area contributed by atoms with Crippen LogP contribution in [0.3, 0.4) is 0 Å². The molecule has 1 aromatic rings. The first-order valence-electron chi connectivity index (χ1n) is 6.42. The van der Waals surface area contributed by atoms with E-state index >= 15 is 0 Å². The van der Waals surface area contributed by atoms with Gasteiger partial charge in [0.2, 0.25) is 0 Å². The van der Waals surface area contributed by atoms with Gasteiger partial charge in [0.25, 0.3) is 0 Å². The number of anilines is 1. The van der Waals surface area contributed by atoms with Crippen molar-refractivity contribution in [1.29, 1.82) is 0 Å². The Kier molecular flexibility index (Phi) is 6.84. The Balaban J connectivity index is 2.41. The van der Waals surface area contributed by atoms with Gasteiger partial charge in [-0.2, -0.15) is 0 Å². The molecule has 0 aromatic heterocycles. The zero-order chi connectivity index (χ0) is 15.1. The summed E-state index contributed by atoms with van der Waals surface area (Å²) < 4.78 is 37.1. The lowest BCUT2D eigenvalue weighted by molar-refractivity contribution is -0.0282. The van der Waals surface area contributed by atoms with E-state index in [4.69, 9.17) is 9.47 Å². The first-order chi connectivity index (χ1) is 9.43. The number of aliphatic hydroxyl groups excluding tert-OH is 1. The summed E-state index contributed by atoms with van der Waals surface area (Å²) in [5, 5.41) is 12.4. The molecule has 20 heavy (non-hydrogen) atoms. The molecule has 0 radical (unpaired) electrons. The van der Waals surface area contributed by atoms with E-state index in [1.54, 1.807) is 7.11 Å². The van der Waals surface area contributed by atoms with Crippen LogP contribution in [0.1, 0.15) is 12.5 Å². The second-order valence-corrected chi connectivity index (χ2v) is 4.72. The van der Waals surface area contributed by atoms with Crippen molar-refractivity contribution >= 4 is 5.69 Å². The van der Waals surface area contributed by atoms with Crippen LogP contribution < -0.4 is 5.32 Å². The van der Waals surface area contributed by atoms with Gasteiger partial charge in [0.1, 0.15) is 11.6 Å². The van der Waals surface area contributed by atoms with Crippen molar-refractivity contribution in [3.63, 3.8) is 0 Å². The van der Waals surface area contributed by atoms with Crippen LogP contribution in [-0.2, 0) is 9.47 Å². The highest BCUT2D eigenvalue weighted by atomic mass is 19.1. The molecule has 0 bridgehead atoms. The first kappa shape index (κ1) is 16.8. The third kappa shape index (κ3) is 5.40. The number of nitrogens with one attached hydrogen (secondary N) is 1. The SMILES string of the molecule is COCC(C)OCC(O)CNc1cc(F)c(C)cc1F. The van der Waals surface area contributed by atoms with Crippen LogP contribution in [0.4, 0.5) is 14.5 Å². The molecule has 6 heteroatoms. The van der Waals surface area contributed by atoms with Crippen molar-refractivity contribution in [2.75, 3.05) is 32.2 Å². The van der Waals surface area contributed by atoms with Crippen LogP contribution in [0, 0.1) is 18.6 Å². The van der Waals surface area contributed by atoms with Crippen LogP contribution in [0.5, 0.6) is 0 Å². The molecule has 1 aromatic carbocycles. The Morgan fingerprint density at radius 1 is 1.25 bits per heavy atom. The van der Waals surface area contributed by atoms with Crippen molar-refractivity contribution in [1.82, 2.24) is 0 Å². The number of hydrogen-bond acceptors (Lipinski definition) is 4. The van der Waals surface area contributed by atoms with Gasteiger partial charge in [0, 0.05) is 19.7 Å². The maximum absolute atomic E-state index is 13.5. The molecule has 2 atom stereocenters. The largest absolute Gasteiger partial charge is 0.389 e. The minimum Gasteiger partial charge on any atom is -0.389 e. The molecule has 114 valence electrons. The van der Waals surface area contributed by atoms with Gasteiger partial charge in [-0.15, -0.1) is 0 Å². The Bertz CT molecular complexity index is 429. The molecule has 0 spiro atoms. The summed E-state index contributed by atoms with van der Waals surface area (Å²) in [5.41, 5.74) is 0.266. The number of aryl methyl sites for hydroxylation is 1. The Morgan fingerprint density at radius 3 is 2.60 bits per heavy atom. The lowest BCUT2D eigenvalue weighted by Gasteiger charge is -2.17. The number of ether oxygens (including phenoxy) is 2. The van der Waals surface area contributed by atoms with Gasteiger partial charge in [-0.3, -0.25) is 0 Å². The van der Waals surface area contributed by atoms with E-state index in [2.05, 4.69) is 5.32 Å². The third-order valence-corrected chi connectivity index (χ3v) is 2.75. The average Bonchev–Trinajstić information content (AvgIpc) is 2.39. The zero-order valence-electron chi connectivity index (χ0n) is 12.0. The summed E-state index contributed by atoms with van der Waals surface area (Å²) in [6.45, 7) is 3.89. The van der Waals surface area contributed by atoms with Crippen LogP contribution in [0.15, 0.2) is 12.1 Å². The predicted molar refractivity (Wildman–Crippen MR) is 72.9 cm³/mol. The van der Waals surface area contributed by atoms with E-state index in [1.807, 2.05) is 6.92 Å². The topological polar surface area (TPSA) is 50.7 Å². The fraction of sp³-hybridized carbons (Fsp3) is 0.571. The van der Waals surface area contributed by atoms with Gasteiger partial charge in [0.05, 0.1) is 31.1 Å². The molecule has 0 fully saturated rings. The Labute approximate surface area is 117 Å². The zero-order valence-corrected chi connectivity index (χ0v) is 12.0. The molecule has 4 nitrogen and oxygen atoms in total. The van der Waals surface area contributed by atoms with Crippen molar-refractivity contribution in [2.45, 2.75) is 26.1 Å². The summed E-state index contributed by atoms with van der Waals surface area (Å²) >= 11 is 0. The third-order valence-electron chi connectivity index (χ3n) is 2.75. The van der Waals surface area contributed by atoms with E-state index in [9.17, 15) is 13.9 Å². The fourth-order valence-electron chi connectivity index (χ4n) is 1.63. The number of benzene rings is 1. The number of hydrogen-bond donors (Lipinski definition) is 2. The summed E-state index contributed by atoms with van der Waals surface area (Å²) in [6, 6.07) is 2.19. The molecular weight excluding hydrogens is 268 g/mol. The predicted octanol–water partition coefficient (Wildman–Crippen LogP) is 2.10. The van der Waals surface area contributed by atoms with Crippen molar-refractivity contribution < 1.29 is 23.4 Å². The molecule has 2 N–H and O–H groups in total. The molecule has 0 amide bonds. The average molecular weight is 289 g/mol. The number of halogens is 2. The van der Waals surface area contributed by atoms with Gasteiger partial charge >= 0.3 is 0 Å². The molecule has 1 rings (SSSR count). The molecule has 0 aliphatic heterocycles. The maximum Gasteiger partial charge on any atom is 0.146 e. The van der Waals surface area contributed by atoms with Gasteiger partial charge in [-0.05, 0) is 25.5 Å². The van der Waals surface area contributed by atoms with Crippen molar-refractivity contribution in [3.05, 3.63) is 29.3 Å². The van der Waals surface area contributed by atoms with E-state index in [-0.39, 0.29) is 30.5 Å². The quantitative estimate of drug-likeness (QED) is 0.769. The second-order valence-electron chi connectivity index (χ2n) is 4.72. The minimum atomic E-state index is -0.821. The molecule has 0 heterocycles. The lowest BCUT2D eigenvalue weighted by Crippen LogP contribution is -2.28. The summed E-state index contributed by atoms with van der Waals surface area (Å²) in [5.74, 6) is -1.04. The minimum absolute atomic E-state index is 0.0251. The normalized spacial score (nSPS) is 14.1. The highest BCUT2D eigenvalue weighted by molar-refractivity contribution is 5.46. The second kappa shape index (κ2) is 8.14. The van der Waals surface area contributed by atoms with E-state index < -0.39 is 17.7 Å². The van der Waals surface area contributed by atoms with Crippen molar-refractivity contribution in [2.24, 2.45) is 0 Å². The standard InChI is InChI=1S/C14H21F2NO3/c1-9-4-13(16)14(5-12(9)15)17-6-11(18)8-20-10(2)7-19-3/h4-5,10-11,17-18H,6-8H2,1-3H3.